The van der Waals surface area contributed by atoms with Crippen LogP contribution in [0.5, 0.6) is 0 Å². The van der Waals surface area contributed by atoms with Crippen LogP contribution in [-0.2, 0) is 44.6 Å². The SMILES string of the molecule is CCC(C)[C@H]([C@H](CC(=O)N1CCC[C@@H]1[C@@H](OC)[C@H](C)C(=O)NC(Cc1ccccc1)C(=O)OC)OC)N(C)C(=O)[C@H](NC(=O)[C@@H](C(C)C)N(C)C(=O)O)C(C)C. The predicted octanol–water partition coefficient (Wildman–Crippen LogP) is 3.58. The van der Waals surface area contributed by atoms with Crippen LogP contribution in [0.15, 0.2) is 30.3 Å². The predicted molar refractivity (Wildman–Crippen MR) is 211 cm³/mol. The highest BCUT2D eigenvalue weighted by Crippen LogP contribution is 2.30. The van der Waals surface area contributed by atoms with Crippen LogP contribution in [0, 0.1) is 23.7 Å². The van der Waals surface area contributed by atoms with Crippen molar-refractivity contribution in [3.8, 4) is 0 Å². The van der Waals surface area contributed by atoms with Crippen molar-refractivity contribution < 1.29 is 48.1 Å². The number of amides is 5. The number of nitrogens with zero attached hydrogens (tertiary/aromatic N) is 3. The van der Waals surface area contributed by atoms with Crippen molar-refractivity contribution in [1.82, 2.24) is 25.3 Å². The average molecular weight is 790 g/mol. The van der Waals surface area contributed by atoms with E-state index in [4.69, 9.17) is 14.2 Å². The van der Waals surface area contributed by atoms with Crippen LogP contribution < -0.4 is 10.6 Å². The Morgan fingerprint density at radius 2 is 1.50 bits per heavy atom. The molecule has 2 rings (SSSR count). The molecule has 9 atom stereocenters. The number of esters is 1. The van der Waals surface area contributed by atoms with Gasteiger partial charge in [0.15, 0.2) is 0 Å². The molecule has 56 heavy (non-hydrogen) atoms. The van der Waals surface area contributed by atoms with Crippen molar-refractivity contribution in [2.24, 2.45) is 23.7 Å². The molecular formula is C41H67N5O10. The molecule has 1 aromatic rings. The fourth-order valence-electron chi connectivity index (χ4n) is 7.81. The monoisotopic (exact) mass is 789 g/mol. The van der Waals surface area contributed by atoms with Crippen LogP contribution in [0.25, 0.3) is 0 Å². The Balaban J connectivity index is 2.30. The summed E-state index contributed by atoms with van der Waals surface area (Å²) in [6, 6.07) is 5.41. The van der Waals surface area contributed by atoms with Gasteiger partial charge >= 0.3 is 12.1 Å². The summed E-state index contributed by atoms with van der Waals surface area (Å²) in [7, 11) is 7.24. The van der Waals surface area contributed by atoms with E-state index in [1.165, 1.54) is 28.4 Å². The number of hydrogen-bond donors (Lipinski definition) is 3. The van der Waals surface area contributed by atoms with Crippen molar-refractivity contribution in [3.05, 3.63) is 35.9 Å². The first kappa shape index (κ1) is 47.9. The molecule has 316 valence electrons. The van der Waals surface area contributed by atoms with Gasteiger partial charge in [-0.3, -0.25) is 24.1 Å². The molecule has 1 fully saturated rings. The molecule has 0 aliphatic carbocycles. The molecular weight excluding hydrogens is 722 g/mol. The van der Waals surface area contributed by atoms with E-state index in [1.807, 2.05) is 44.2 Å². The van der Waals surface area contributed by atoms with E-state index >= 15 is 0 Å². The van der Waals surface area contributed by atoms with Gasteiger partial charge in [-0.1, -0.05) is 85.2 Å². The fourth-order valence-corrected chi connectivity index (χ4v) is 7.81. The number of carbonyl (C=O) groups is 6. The topological polar surface area (TPSA) is 184 Å². The molecule has 5 amide bonds. The van der Waals surface area contributed by atoms with Crippen molar-refractivity contribution >= 4 is 35.7 Å². The number of ether oxygens (including phenoxy) is 3. The standard InChI is InChI=1S/C41H67N5O10/c1-13-26(6)35(44(8)39(50)33(24(2)3)43-38(49)34(25(4)5)45(9)41(52)53)31(54-10)23-32(47)46-21-17-20-30(46)36(55-11)27(7)37(48)42-29(40(51)56-12)22-28-18-15-14-16-19-28/h14-16,18-19,24-27,29-31,33-36H,13,17,20-23H2,1-12H3,(H,42,48)(H,43,49)(H,52,53)/t26?,27-,29?,30+,31-,33+,34+,35+,36-/m0/s1. The summed E-state index contributed by atoms with van der Waals surface area (Å²) in [5, 5.41) is 15.3. The lowest BCUT2D eigenvalue weighted by atomic mass is 9.89. The van der Waals surface area contributed by atoms with Gasteiger partial charge in [-0.05, 0) is 36.2 Å². The van der Waals surface area contributed by atoms with E-state index in [-0.39, 0.29) is 42.4 Å². The molecule has 0 radical (unpaired) electrons. The zero-order valence-corrected chi connectivity index (χ0v) is 35.4. The zero-order chi connectivity index (χ0) is 42.4. The summed E-state index contributed by atoms with van der Waals surface area (Å²) in [6.07, 6.45) is -0.524. The second kappa shape index (κ2) is 22.5. The van der Waals surface area contributed by atoms with Crippen LogP contribution in [-0.4, -0.2) is 140 Å². The Hall–Kier alpha value is -4.24. The van der Waals surface area contributed by atoms with Gasteiger partial charge in [-0.2, -0.15) is 0 Å². The number of methoxy groups -OCH3 is 3. The van der Waals surface area contributed by atoms with Crippen molar-refractivity contribution in [2.45, 2.75) is 123 Å². The molecule has 1 heterocycles. The van der Waals surface area contributed by atoms with E-state index in [0.29, 0.717) is 25.8 Å². The van der Waals surface area contributed by atoms with E-state index in [0.717, 1.165) is 10.5 Å². The molecule has 0 aromatic heterocycles. The van der Waals surface area contributed by atoms with Gasteiger partial charge in [0.2, 0.25) is 23.6 Å². The molecule has 1 aliphatic heterocycles. The van der Waals surface area contributed by atoms with Crippen LogP contribution in [0.1, 0.15) is 79.7 Å². The van der Waals surface area contributed by atoms with Crippen LogP contribution in [0.2, 0.25) is 0 Å². The summed E-state index contributed by atoms with van der Waals surface area (Å²) < 4.78 is 16.9. The first-order valence-electron chi connectivity index (χ1n) is 19.7. The molecule has 1 aliphatic rings. The zero-order valence-electron chi connectivity index (χ0n) is 35.4. The van der Waals surface area contributed by atoms with Crippen LogP contribution in [0.4, 0.5) is 4.79 Å². The van der Waals surface area contributed by atoms with Gasteiger partial charge in [0.1, 0.15) is 18.1 Å². The largest absolute Gasteiger partial charge is 0.467 e. The average Bonchev–Trinajstić information content (AvgIpc) is 3.65. The second-order valence-corrected chi connectivity index (χ2v) is 15.7. The highest BCUT2D eigenvalue weighted by molar-refractivity contribution is 5.91. The summed E-state index contributed by atoms with van der Waals surface area (Å²) in [4.78, 5) is 84.2. The first-order valence-corrected chi connectivity index (χ1v) is 19.7. The molecule has 1 saturated heterocycles. The number of likely N-dealkylation sites (tertiary alicyclic amines) is 1. The Kier molecular flexibility index (Phi) is 19.2. The molecule has 3 N–H and O–H groups in total. The highest BCUT2D eigenvalue weighted by Gasteiger charge is 2.43. The minimum Gasteiger partial charge on any atom is -0.467 e. The fraction of sp³-hybridized carbons (Fsp3) is 0.707. The third-order valence-corrected chi connectivity index (χ3v) is 11.2. The summed E-state index contributed by atoms with van der Waals surface area (Å²) in [5.74, 6) is -3.69. The maximum absolute atomic E-state index is 14.2. The molecule has 0 spiro atoms. The van der Waals surface area contributed by atoms with Gasteiger partial charge in [0.05, 0.1) is 43.7 Å². The number of carboxylic acid groups (broad SMARTS) is 1. The van der Waals surface area contributed by atoms with Gasteiger partial charge in [-0.25, -0.2) is 9.59 Å². The lowest BCUT2D eigenvalue weighted by Crippen LogP contribution is -2.60. The molecule has 0 saturated carbocycles. The van der Waals surface area contributed by atoms with Gasteiger partial charge < -0.3 is 39.8 Å². The van der Waals surface area contributed by atoms with E-state index in [1.54, 1.807) is 51.5 Å². The smallest absolute Gasteiger partial charge is 0.407 e. The van der Waals surface area contributed by atoms with E-state index in [9.17, 15) is 33.9 Å². The summed E-state index contributed by atoms with van der Waals surface area (Å²) in [6.45, 7) is 13.2. The minimum atomic E-state index is -1.26. The number of benzene rings is 1. The Labute approximate surface area is 333 Å². The van der Waals surface area contributed by atoms with E-state index < -0.39 is 72.2 Å². The second-order valence-electron chi connectivity index (χ2n) is 15.7. The third-order valence-electron chi connectivity index (χ3n) is 11.2. The van der Waals surface area contributed by atoms with E-state index in [2.05, 4.69) is 10.6 Å². The number of hydrogen-bond acceptors (Lipinski definition) is 9. The number of rotatable bonds is 21. The number of nitrogens with one attached hydrogen (secondary N) is 2. The van der Waals surface area contributed by atoms with Gasteiger partial charge in [0, 0.05) is 41.3 Å². The molecule has 2 unspecified atom stereocenters. The highest BCUT2D eigenvalue weighted by atomic mass is 16.5. The number of likely N-dealkylation sites (N-methyl/N-ethyl adjacent to an activating group) is 2. The van der Waals surface area contributed by atoms with Crippen molar-refractivity contribution in [3.63, 3.8) is 0 Å². The van der Waals surface area contributed by atoms with Gasteiger partial charge in [-0.15, -0.1) is 0 Å². The van der Waals surface area contributed by atoms with Crippen molar-refractivity contribution in [2.75, 3.05) is 42.0 Å². The summed E-state index contributed by atoms with van der Waals surface area (Å²) in [5.41, 5.74) is 0.857. The lowest BCUT2D eigenvalue weighted by molar-refractivity contribution is -0.149. The quantitative estimate of drug-likeness (QED) is 0.156. The first-order chi connectivity index (χ1) is 26.4. The Morgan fingerprint density at radius 1 is 0.875 bits per heavy atom. The minimum absolute atomic E-state index is 0.0599. The van der Waals surface area contributed by atoms with Crippen LogP contribution >= 0.6 is 0 Å². The Bertz CT molecular complexity index is 1460. The lowest BCUT2D eigenvalue weighted by Gasteiger charge is -2.41. The van der Waals surface area contributed by atoms with Crippen LogP contribution in [0.3, 0.4) is 0 Å². The molecule has 0 bridgehead atoms. The molecule has 15 heteroatoms. The Morgan fingerprint density at radius 3 is 2.00 bits per heavy atom. The maximum atomic E-state index is 14.2. The molecule has 15 nitrogen and oxygen atoms in total. The normalized spacial score (nSPS) is 18.5. The summed E-state index contributed by atoms with van der Waals surface area (Å²) >= 11 is 0. The maximum Gasteiger partial charge on any atom is 0.407 e. The van der Waals surface area contributed by atoms with Crippen molar-refractivity contribution in [1.29, 1.82) is 0 Å². The number of carbonyl (C=O) groups excluding carboxylic acids is 5. The molecule has 1 aromatic carbocycles. The van der Waals surface area contributed by atoms with Gasteiger partial charge in [0.25, 0.3) is 0 Å². The third kappa shape index (κ3) is 12.4.